The monoisotopic (exact) mass is 257 g/mol. The molecule has 0 aliphatic heterocycles. The first-order valence-corrected chi connectivity index (χ1v) is 6.89. The fourth-order valence-electron chi connectivity index (χ4n) is 1.52. The van der Waals surface area contributed by atoms with E-state index >= 15 is 0 Å². The lowest BCUT2D eigenvalue weighted by atomic mass is 10.3. The number of likely N-dealkylation sites (N-methyl/N-ethyl adjacent to an activating group) is 1. The van der Waals surface area contributed by atoms with Crippen molar-refractivity contribution in [3.63, 3.8) is 0 Å². The average Bonchev–Trinajstić information content (AvgIpc) is 2.72. The summed E-state index contributed by atoms with van der Waals surface area (Å²) in [5, 5.41) is 3.45. The second kappa shape index (κ2) is 8.58. The number of methoxy groups -OCH3 is 1. The lowest BCUT2D eigenvalue weighted by molar-refractivity contribution is 0.161. The maximum absolute atomic E-state index is 5.03. The zero-order valence-electron chi connectivity index (χ0n) is 11.0. The van der Waals surface area contributed by atoms with Gasteiger partial charge in [0.2, 0.25) is 0 Å². The molecule has 0 aromatic carbocycles. The number of thiazole rings is 1. The van der Waals surface area contributed by atoms with Crippen molar-refractivity contribution >= 4 is 11.3 Å². The van der Waals surface area contributed by atoms with Crippen molar-refractivity contribution in [1.82, 2.24) is 15.2 Å². The number of aryl methyl sites for hydroxylation is 1. The van der Waals surface area contributed by atoms with E-state index in [0.29, 0.717) is 0 Å². The third kappa shape index (κ3) is 6.12. The van der Waals surface area contributed by atoms with Crippen LogP contribution in [-0.4, -0.2) is 56.8 Å². The standard InChI is InChI=1S/C12H23N3OS/c1-11-12(17-10-14-11)4-5-13-6-7-15(2)8-9-16-3/h10,13H,4-9H2,1-3H3. The van der Waals surface area contributed by atoms with Crippen LogP contribution in [0.1, 0.15) is 10.6 Å². The number of nitrogens with zero attached hydrogens (tertiary/aromatic N) is 2. The Kier molecular flexibility index (Phi) is 7.35. The minimum atomic E-state index is 0.802. The molecule has 1 aromatic rings. The van der Waals surface area contributed by atoms with Gasteiger partial charge in [0.05, 0.1) is 17.8 Å². The minimum absolute atomic E-state index is 0.802. The van der Waals surface area contributed by atoms with Crippen molar-refractivity contribution in [1.29, 1.82) is 0 Å². The highest BCUT2D eigenvalue weighted by Crippen LogP contribution is 2.11. The van der Waals surface area contributed by atoms with Crippen LogP contribution in [0.15, 0.2) is 5.51 Å². The molecule has 0 radical (unpaired) electrons. The third-order valence-corrected chi connectivity index (χ3v) is 3.72. The Labute approximate surface area is 108 Å². The van der Waals surface area contributed by atoms with Crippen molar-refractivity contribution in [3.05, 3.63) is 16.1 Å². The Morgan fingerprint density at radius 1 is 1.41 bits per heavy atom. The van der Waals surface area contributed by atoms with Gasteiger partial charge in [-0.1, -0.05) is 0 Å². The number of aromatic nitrogens is 1. The van der Waals surface area contributed by atoms with Crippen LogP contribution < -0.4 is 5.32 Å². The van der Waals surface area contributed by atoms with Crippen LogP contribution >= 0.6 is 11.3 Å². The predicted molar refractivity (Wildman–Crippen MR) is 72.8 cm³/mol. The van der Waals surface area contributed by atoms with Gasteiger partial charge in [0, 0.05) is 38.2 Å². The highest BCUT2D eigenvalue weighted by atomic mass is 32.1. The molecule has 98 valence electrons. The molecule has 17 heavy (non-hydrogen) atoms. The van der Waals surface area contributed by atoms with E-state index in [4.69, 9.17) is 4.74 Å². The number of nitrogens with one attached hydrogen (secondary N) is 1. The van der Waals surface area contributed by atoms with E-state index in [1.807, 2.05) is 5.51 Å². The summed E-state index contributed by atoms with van der Waals surface area (Å²) in [6, 6.07) is 0. The molecule has 0 atom stereocenters. The summed E-state index contributed by atoms with van der Waals surface area (Å²) in [5.41, 5.74) is 3.09. The molecule has 1 aromatic heterocycles. The smallest absolute Gasteiger partial charge is 0.0797 e. The van der Waals surface area contributed by atoms with Gasteiger partial charge >= 0.3 is 0 Å². The van der Waals surface area contributed by atoms with Gasteiger partial charge in [0.1, 0.15) is 0 Å². The van der Waals surface area contributed by atoms with Crippen LogP contribution in [-0.2, 0) is 11.2 Å². The van der Waals surface area contributed by atoms with E-state index in [0.717, 1.165) is 39.2 Å². The van der Waals surface area contributed by atoms with Gasteiger partial charge in [-0.05, 0) is 20.4 Å². The van der Waals surface area contributed by atoms with Crippen molar-refractivity contribution in [2.24, 2.45) is 0 Å². The molecule has 0 amide bonds. The largest absolute Gasteiger partial charge is 0.383 e. The fraction of sp³-hybridized carbons (Fsp3) is 0.750. The second-order valence-corrected chi connectivity index (χ2v) is 5.10. The van der Waals surface area contributed by atoms with E-state index in [9.17, 15) is 0 Å². The maximum atomic E-state index is 5.03. The zero-order chi connectivity index (χ0) is 12.5. The van der Waals surface area contributed by atoms with Crippen LogP contribution in [0.25, 0.3) is 0 Å². The number of hydrogen-bond acceptors (Lipinski definition) is 5. The van der Waals surface area contributed by atoms with E-state index in [1.165, 1.54) is 10.6 Å². The topological polar surface area (TPSA) is 37.4 Å². The minimum Gasteiger partial charge on any atom is -0.383 e. The number of ether oxygens (including phenoxy) is 1. The van der Waals surface area contributed by atoms with E-state index < -0.39 is 0 Å². The fourth-order valence-corrected chi connectivity index (χ4v) is 2.30. The summed E-state index contributed by atoms with van der Waals surface area (Å²) in [5.74, 6) is 0. The van der Waals surface area contributed by atoms with E-state index in [2.05, 4.69) is 29.2 Å². The Hall–Kier alpha value is -0.490. The molecule has 0 fully saturated rings. The first-order chi connectivity index (χ1) is 8.24. The van der Waals surface area contributed by atoms with Crippen molar-refractivity contribution in [3.8, 4) is 0 Å². The summed E-state index contributed by atoms with van der Waals surface area (Å²) in [6.45, 7) is 6.98. The average molecular weight is 257 g/mol. The molecule has 1 heterocycles. The summed E-state index contributed by atoms with van der Waals surface area (Å²) in [7, 11) is 3.86. The van der Waals surface area contributed by atoms with Gasteiger partial charge < -0.3 is 15.0 Å². The van der Waals surface area contributed by atoms with E-state index in [1.54, 1.807) is 18.4 Å². The molecule has 0 aliphatic carbocycles. The van der Waals surface area contributed by atoms with Crippen LogP contribution in [0.4, 0.5) is 0 Å². The molecular weight excluding hydrogens is 234 g/mol. The molecule has 0 aliphatic rings. The normalized spacial score (nSPS) is 11.3. The van der Waals surface area contributed by atoms with Gasteiger partial charge in [-0.15, -0.1) is 11.3 Å². The molecule has 0 unspecified atom stereocenters. The first kappa shape index (κ1) is 14.6. The van der Waals surface area contributed by atoms with Gasteiger partial charge in [-0.25, -0.2) is 4.98 Å². The number of rotatable bonds is 9. The summed E-state index contributed by atoms with van der Waals surface area (Å²) >= 11 is 1.75. The Bertz CT molecular complexity index is 304. The van der Waals surface area contributed by atoms with Crippen molar-refractivity contribution in [2.45, 2.75) is 13.3 Å². The highest BCUT2D eigenvalue weighted by Gasteiger charge is 2.01. The lowest BCUT2D eigenvalue weighted by Gasteiger charge is -2.16. The van der Waals surface area contributed by atoms with Crippen LogP contribution in [0.3, 0.4) is 0 Å². The molecule has 5 heteroatoms. The van der Waals surface area contributed by atoms with E-state index in [-0.39, 0.29) is 0 Å². The van der Waals surface area contributed by atoms with Crippen molar-refractivity contribution in [2.75, 3.05) is 46.9 Å². The molecule has 0 saturated carbocycles. The predicted octanol–water partition coefficient (Wildman–Crippen LogP) is 1.16. The zero-order valence-corrected chi connectivity index (χ0v) is 11.8. The highest BCUT2D eigenvalue weighted by molar-refractivity contribution is 7.09. The van der Waals surface area contributed by atoms with Crippen LogP contribution in [0, 0.1) is 6.92 Å². The lowest BCUT2D eigenvalue weighted by Crippen LogP contribution is -2.32. The molecule has 1 N–H and O–H groups in total. The maximum Gasteiger partial charge on any atom is 0.0797 e. The van der Waals surface area contributed by atoms with Crippen LogP contribution in [0.2, 0.25) is 0 Å². The van der Waals surface area contributed by atoms with Crippen LogP contribution in [0.5, 0.6) is 0 Å². The Balaban J connectivity index is 1.99. The number of hydrogen-bond donors (Lipinski definition) is 1. The molecule has 4 nitrogen and oxygen atoms in total. The molecule has 1 rings (SSSR count). The van der Waals surface area contributed by atoms with Gasteiger partial charge in [-0.3, -0.25) is 0 Å². The summed E-state index contributed by atoms with van der Waals surface area (Å²) in [4.78, 5) is 7.91. The SMILES string of the molecule is COCCN(C)CCNCCc1scnc1C. The Morgan fingerprint density at radius 2 is 2.24 bits per heavy atom. The van der Waals surface area contributed by atoms with Gasteiger partial charge in [-0.2, -0.15) is 0 Å². The molecule has 0 spiro atoms. The van der Waals surface area contributed by atoms with Crippen molar-refractivity contribution < 1.29 is 4.74 Å². The summed E-state index contributed by atoms with van der Waals surface area (Å²) < 4.78 is 5.03. The summed E-state index contributed by atoms with van der Waals surface area (Å²) in [6.07, 6.45) is 1.08. The molecular formula is C12H23N3OS. The second-order valence-electron chi connectivity index (χ2n) is 4.16. The quantitative estimate of drug-likeness (QED) is 0.674. The van der Waals surface area contributed by atoms with Gasteiger partial charge in [0.25, 0.3) is 0 Å². The third-order valence-electron chi connectivity index (χ3n) is 2.72. The van der Waals surface area contributed by atoms with Gasteiger partial charge in [0.15, 0.2) is 0 Å². The molecule has 0 saturated heterocycles. The molecule has 0 bridgehead atoms. The first-order valence-electron chi connectivity index (χ1n) is 6.01. The Morgan fingerprint density at radius 3 is 2.88 bits per heavy atom.